The minimum absolute atomic E-state index is 0.107. The number of unbranched alkanes of at least 4 members (excludes halogenated alkanes) is 19. The monoisotopic (exact) mass is 969 g/mol. The standard InChI is InChI=1S/C64H104O6/c1-4-7-10-13-16-19-22-24-26-28-30-31-32-33-34-36-37-39-42-45-48-51-54-57-63(66)69-60-61(59-68-62(65)56-53-50-47-44-41-21-18-15-12-9-6-3)70-64(67)58-55-52-49-46-43-40-38-35-29-27-25-23-20-17-14-11-8-5-2/h7,10,15-16,18-20,23-24,26-27,29-31,33-34,37,39,45,48,61H,4-6,8-9,11-14,17,21-22,25,28,32,35-36,38,40-44,46-47,49-60H2,1-3H3/b10-7-,18-15-,19-16-,23-20-,26-24-,29-27-,31-30-,34-33-,39-37-,48-45-. The van der Waals surface area contributed by atoms with Crippen LogP contribution >= 0.6 is 0 Å². The predicted octanol–water partition coefficient (Wildman–Crippen LogP) is 19.3. The SMILES string of the molecule is CC/C=C\C/C=C\C/C=C\C/C=C\C/C=C\C/C=C\C/C=C\CCCC(=O)OCC(COC(=O)CCCCCCC/C=C\CCCC)OC(=O)CCCCCCCCC/C=C\C/C=C\CCCCCC. The first-order valence-corrected chi connectivity index (χ1v) is 28.5. The molecule has 0 aromatic carbocycles. The van der Waals surface area contributed by atoms with Gasteiger partial charge in [0.25, 0.3) is 0 Å². The van der Waals surface area contributed by atoms with Crippen LogP contribution in [-0.2, 0) is 28.6 Å². The lowest BCUT2D eigenvalue weighted by Gasteiger charge is -2.18. The van der Waals surface area contributed by atoms with E-state index in [0.717, 1.165) is 116 Å². The van der Waals surface area contributed by atoms with E-state index in [4.69, 9.17) is 14.2 Å². The fourth-order valence-corrected chi connectivity index (χ4v) is 7.38. The molecule has 0 heterocycles. The van der Waals surface area contributed by atoms with E-state index in [1.807, 2.05) is 0 Å². The molecule has 0 saturated heterocycles. The van der Waals surface area contributed by atoms with Crippen molar-refractivity contribution in [3.05, 3.63) is 122 Å². The molecular formula is C64H104O6. The fourth-order valence-electron chi connectivity index (χ4n) is 7.38. The first-order chi connectivity index (χ1) is 34.5. The molecule has 0 aromatic heterocycles. The van der Waals surface area contributed by atoms with Gasteiger partial charge in [-0.3, -0.25) is 14.4 Å². The van der Waals surface area contributed by atoms with Crippen molar-refractivity contribution in [2.45, 2.75) is 252 Å². The summed E-state index contributed by atoms with van der Waals surface area (Å²) < 4.78 is 16.8. The maximum absolute atomic E-state index is 12.8. The minimum atomic E-state index is -0.812. The Kier molecular flexibility index (Phi) is 54.0. The zero-order valence-electron chi connectivity index (χ0n) is 45.2. The summed E-state index contributed by atoms with van der Waals surface area (Å²) in [7, 11) is 0. The van der Waals surface area contributed by atoms with Crippen LogP contribution in [-0.4, -0.2) is 37.2 Å². The number of esters is 3. The van der Waals surface area contributed by atoms with E-state index >= 15 is 0 Å². The molecule has 0 aliphatic carbocycles. The normalized spacial score (nSPS) is 13.0. The molecule has 70 heavy (non-hydrogen) atoms. The third kappa shape index (κ3) is 54.7. The van der Waals surface area contributed by atoms with Crippen molar-refractivity contribution >= 4 is 17.9 Å². The smallest absolute Gasteiger partial charge is 0.306 e. The van der Waals surface area contributed by atoms with E-state index in [2.05, 4.69) is 142 Å². The average Bonchev–Trinajstić information content (AvgIpc) is 3.36. The zero-order chi connectivity index (χ0) is 50.7. The van der Waals surface area contributed by atoms with Crippen LogP contribution in [0.3, 0.4) is 0 Å². The van der Waals surface area contributed by atoms with Crippen LogP contribution in [0.15, 0.2) is 122 Å². The van der Waals surface area contributed by atoms with Gasteiger partial charge in [-0.25, -0.2) is 0 Å². The molecule has 0 spiro atoms. The Hall–Kier alpha value is -4.19. The molecule has 1 atom stereocenters. The van der Waals surface area contributed by atoms with Crippen molar-refractivity contribution in [3.63, 3.8) is 0 Å². The van der Waals surface area contributed by atoms with Crippen molar-refractivity contribution in [3.8, 4) is 0 Å². The van der Waals surface area contributed by atoms with Crippen LogP contribution in [0.2, 0.25) is 0 Å². The van der Waals surface area contributed by atoms with Crippen LogP contribution < -0.4 is 0 Å². The molecule has 0 amide bonds. The highest BCUT2D eigenvalue weighted by molar-refractivity contribution is 5.71. The number of allylic oxidation sites excluding steroid dienone is 20. The fraction of sp³-hybridized carbons (Fsp3) is 0.641. The van der Waals surface area contributed by atoms with Crippen molar-refractivity contribution in [1.29, 1.82) is 0 Å². The Labute approximate surface area is 431 Å². The summed E-state index contributed by atoms with van der Waals surface area (Å²) in [5, 5.41) is 0. The number of carbonyl (C=O) groups is 3. The van der Waals surface area contributed by atoms with Crippen molar-refractivity contribution in [2.24, 2.45) is 0 Å². The summed E-state index contributed by atoms with van der Waals surface area (Å²) in [5.41, 5.74) is 0. The van der Waals surface area contributed by atoms with Gasteiger partial charge in [-0.1, -0.05) is 226 Å². The maximum Gasteiger partial charge on any atom is 0.306 e. The van der Waals surface area contributed by atoms with Crippen LogP contribution in [0.4, 0.5) is 0 Å². The van der Waals surface area contributed by atoms with Gasteiger partial charge in [0.05, 0.1) is 0 Å². The van der Waals surface area contributed by atoms with Gasteiger partial charge in [0.2, 0.25) is 0 Å². The summed E-state index contributed by atoms with van der Waals surface area (Å²) in [5.74, 6) is -0.989. The molecule has 0 aliphatic rings. The van der Waals surface area contributed by atoms with Crippen LogP contribution in [0.5, 0.6) is 0 Å². The van der Waals surface area contributed by atoms with Gasteiger partial charge in [-0.05, 0) is 122 Å². The second kappa shape index (κ2) is 57.4. The van der Waals surface area contributed by atoms with Crippen LogP contribution in [0.1, 0.15) is 245 Å². The van der Waals surface area contributed by atoms with E-state index in [1.165, 1.54) is 83.5 Å². The highest BCUT2D eigenvalue weighted by Gasteiger charge is 2.19. The van der Waals surface area contributed by atoms with E-state index < -0.39 is 6.10 Å². The Morgan fingerprint density at radius 1 is 0.300 bits per heavy atom. The molecule has 0 rings (SSSR count). The number of hydrogen-bond donors (Lipinski definition) is 0. The molecule has 0 bridgehead atoms. The minimum Gasteiger partial charge on any atom is -0.462 e. The van der Waals surface area contributed by atoms with Gasteiger partial charge < -0.3 is 14.2 Å². The lowest BCUT2D eigenvalue weighted by Crippen LogP contribution is -2.30. The molecule has 0 fully saturated rings. The van der Waals surface area contributed by atoms with E-state index in [9.17, 15) is 14.4 Å². The second-order valence-corrected chi connectivity index (χ2v) is 18.5. The molecule has 1 unspecified atom stereocenters. The third-order valence-electron chi connectivity index (χ3n) is 11.7. The average molecular weight is 970 g/mol. The number of carbonyl (C=O) groups excluding carboxylic acids is 3. The van der Waals surface area contributed by atoms with Gasteiger partial charge in [-0.2, -0.15) is 0 Å². The van der Waals surface area contributed by atoms with Crippen molar-refractivity contribution < 1.29 is 28.6 Å². The van der Waals surface area contributed by atoms with E-state index in [0.29, 0.717) is 19.3 Å². The Balaban J connectivity index is 4.47. The molecule has 6 heteroatoms. The summed E-state index contributed by atoms with van der Waals surface area (Å²) in [4.78, 5) is 38.1. The Morgan fingerprint density at radius 3 is 0.986 bits per heavy atom. The first-order valence-electron chi connectivity index (χ1n) is 28.5. The highest BCUT2D eigenvalue weighted by atomic mass is 16.6. The number of ether oxygens (including phenoxy) is 3. The van der Waals surface area contributed by atoms with Gasteiger partial charge in [0.15, 0.2) is 6.10 Å². The molecule has 0 saturated carbocycles. The Bertz CT molecular complexity index is 1490. The summed E-state index contributed by atoms with van der Waals surface area (Å²) in [6.45, 7) is 6.40. The summed E-state index contributed by atoms with van der Waals surface area (Å²) >= 11 is 0. The molecular weight excluding hydrogens is 865 g/mol. The van der Waals surface area contributed by atoms with Gasteiger partial charge in [0, 0.05) is 19.3 Å². The molecule has 6 nitrogen and oxygen atoms in total. The molecule has 396 valence electrons. The largest absolute Gasteiger partial charge is 0.462 e. The van der Waals surface area contributed by atoms with E-state index in [-0.39, 0.29) is 37.5 Å². The van der Waals surface area contributed by atoms with Crippen molar-refractivity contribution in [1.82, 2.24) is 0 Å². The van der Waals surface area contributed by atoms with Crippen LogP contribution in [0, 0.1) is 0 Å². The molecule has 0 aromatic rings. The zero-order valence-corrected chi connectivity index (χ0v) is 45.2. The summed E-state index contributed by atoms with van der Waals surface area (Å²) in [6.07, 6.45) is 79.1. The van der Waals surface area contributed by atoms with Gasteiger partial charge >= 0.3 is 17.9 Å². The topological polar surface area (TPSA) is 78.9 Å². The number of rotatable bonds is 50. The first kappa shape index (κ1) is 65.8. The summed E-state index contributed by atoms with van der Waals surface area (Å²) in [6, 6.07) is 0. The third-order valence-corrected chi connectivity index (χ3v) is 11.7. The second-order valence-electron chi connectivity index (χ2n) is 18.5. The Morgan fingerprint density at radius 2 is 0.586 bits per heavy atom. The van der Waals surface area contributed by atoms with Crippen molar-refractivity contribution in [2.75, 3.05) is 13.2 Å². The molecule has 0 aliphatic heterocycles. The van der Waals surface area contributed by atoms with Crippen LogP contribution in [0.25, 0.3) is 0 Å². The van der Waals surface area contributed by atoms with E-state index in [1.54, 1.807) is 0 Å². The maximum atomic E-state index is 12.8. The lowest BCUT2D eigenvalue weighted by atomic mass is 10.1. The molecule has 0 radical (unpaired) electrons. The predicted molar refractivity (Wildman–Crippen MR) is 302 cm³/mol. The lowest BCUT2D eigenvalue weighted by molar-refractivity contribution is -0.167. The quantitative estimate of drug-likeness (QED) is 0.0262. The van der Waals surface area contributed by atoms with Gasteiger partial charge in [0.1, 0.15) is 13.2 Å². The highest BCUT2D eigenvalue weighted by Crippen LogP contribution is 2.13. The molecule has 0 N–H and O–H groups in total. The van der Waals surface area contributed by atoms with Gasteiger partial charge in [-0.15, -0.1) is 0 Å². The number of hydrogen-bond acceptors (Lipinski definition) is 6.